The molecule has 0 saturated heterocycles. The van der Waals surface area contributed by atoms with Crippen molar-refractivity contribution >= 4 is 11.9 Å². The van der Waals surface area contributed by atoms with Crippen molar-refractivity contribution in [2.75, 3.05) is 13.2 Å². The summed E-state index contributed by atoms with van der Waals surface area (Å²) in [5.74, 6) is 0.233. The zero-order chi connectivity index (χ0) is 22.8. The Kier molecular flexibility index (Phi) is 10.8. The van der Waals surface area contributed by atoms with Gasteiger partial charge in [0.25, 0.3) is 0 Å². The third-order valence-electron chi connectivity index (χ3n) is 7.46. The standard InChI is InChI=1S/2C13H22O3/c2*1-2-15-13(14)10-6-8-12(9-7-10)16-11-4-3-5-11/h2*10-12H,2-9H2,1H3. The van der Waals surface area contributed by atoms with Gasteiger partial charge in [-0.3, -0.25) is 9.59 Å². The number of hydrogen-bond acceptors (Lipinski definition) is 6. The van der Waals surface area contributed by atoms with Gasteiger partial charge in [0.2, 0.25) is 0 Å². The first-order valence-corrected chi connectivity index (χ1v) is 13.2. The molecule has 4 saturated carbocycles. The van der Waals surface area contributed by atoms with Gasteiger partial charge in [-0.05, 0) is 104 Å². The summed E-state index contributed by atoms with van der Waals surface area (Å²) in [4.78, 5) is 23.1. The van der Waals surface area contributed by atoms with E-state index in [4.69, 9.17) is 18.9 Å². The molecule has 0 aromatic rings. The molecule has 6 nitrogen and oxygen atoms in total. The Morgan fingerprint density at radius 3 is 1.09 bits per heavy atom. The second-order valence-electron chi connectivity index (χ2n) is 9.83. The molecule has 0 aromatic carbocycles. The Labute approximate surface area is 194 Å². The molecule has 32 heavy (non-hydrogen) atoms. The molecule has 4 aliphatic rings. The summed E-state index contributed by atoms with van der Waals surface area (Å²) in [7, 11) is 0. The van der Waals surface area contributed by atoms with Crippen LogP contribution in [0, 0.1) is 11.8 Å². The summed E-state index contributed by atoms with van der Waals surface area (Å²) >= 11 is 0. The van der Waals surface area contributed by atoms with Crippen molar-refractivity contribution < 1.29 is 28.5 Å². The molecule has 0 aliphatic heterocycles. The van der Waals surface area contributed by atoms with E-state index in [0.717, 1.165) is 51.4 Å². The van der Waals surface area contributed by atoms with Gasteiger partial charge >= 0.3 is 11.9 Å². The van der Waals surface area contributed by atoms with E-state index in [9.17, 15) is 9.59 Å². The van der Waals surface area contributed by atoms with Crippen molar-refractivity contribution in [3.63, 3.8) is 0 Å². The van der Waals surface area contributed by atoms with Crippen LogP contribution in [0.5, 0.6) is 0 Å². The molecule has 0 bridgehead atoms. The Morgan fingerprint density at radius 1 is 0.531 bits per heavy atom. The number of esters is 2. The monoisotopic (exact) mass is 452 g/mol. The summed E-state index contributed by atoms with van der Waals surface area (Å²) in [6.45, 7) is 4.72. The van der Waals surface area contributed by atoms with Crippen LogP contribution in [0.3, 0.4) is 0 Å². The first-order valence-electron chi connectivity index (χ1n) is 13.2. The first-order chi connectivity index (χ1) is 15.6. The van der Waals surface area contributed by atoms with Crippen LogP contribution in [0.2, 0.25) is 0 Å². The van der Waals surface area contributed by atoms with Crippen LogP contribution in [0.1, 0.15) is 104 Å². The molecule has 0 spiro atoms. The highest BCUT2D eigenvalue weighted by Gasteiger charge is 2.31. The highest BCUT2D eigenvalue weighted by Crippen LogP contribution is 2.32. The predicted molar refractivity (Wildman–Crippen MR) is 122 cm³/mol. The van der Waals surface area contributed by atoms with E-state index >= 15 is 0 Å². The average molecular weight is 453 g/mol. The molecule has 0 radical (unpaired) electrons. The minimum atomic E-state index is -0.00964. The highest BCUT2D eigenvalue weighted by molar-refractivity contribution is 5.72. The fourth-order valence-corrected chi connectivity index (χ4v) is 4.95. The van der Waals surface area contributed by atoms with Crippen LogP contribution in [-0.2, 0) is 28.5 Å². The van der Waals surface area contributed by atoms with Gasteiger partial charge in [-0.1, -0.05) is 0 Å². The minimum Gasteiger partial charge on any atom is -0.466 e. The van der Waals surface area contributed by atoms with Crippen LogP contribution < -0.4 is 0 Å². The molecule has 0 aromatic heterocycles. The summed E-state index contributed by atoms with van der Waals surface area (Å²) in [6, 6.07) is 0. The van der Waals surface area contributed by atoms with E-state index in [1.807, 2.05) is 13.8 Å². The average Bonchev–Trinajstić information content (AvgIpc) is 2.75. The molecule has 4 aliphatic carbocycles. The Hall–Kier alpha value is -1.14. The summed E-state index contributed by atoms with van der Waals surface area (Å²) in [5.41, 5.74) is 0. The first kappa shape index (κ1) is 25.5. The fourth-order valence-electron chi connectivity index (χ4n) is 4.95. The predicted octanol–water partition coefficient (Wildman–Crippen LogP) is 5.35. The normalized spacial score (nSPS) is 30.8. The van der Waals surface area contributed by atoms with E-state index in [2.05, 4.69) is 0 Å². The number of rotatable bonds is 8. The second kappa shape index (κ2) is 13.5. The number of ether oxygens (including phenoxy) is 4. The third kappa shape index (κ3) is 8.02. The maximum absolute atomic E-state index is 11.5. The lowest BCUT2D eigenvalue weighted by Gasteiger charge is -2.34. The molecule has 4 fully saturated rings. The van der Waals surface area contributed by atoms with E-state index in [0.29, 0.717) is 37.6 Å². The Morgan fingerprint density at radius 2 is 0.844 bits per heavy atom. The molecule has 184 valence electrons. The number of carbonyl (C=O) groups excluding carboxylic acids is 2. The zero-order valence-corrected chi connectivity index (χ0v) is 20.2. The Bertz CT molecular complexity index is 505. The van der Waals surface area contributed by atoms with Crippen LogP contribution in [0.25, 0.3) is 0 Å². The lowest BCUT2D eigenvalue weighted by molar-refractivity contribution is -0.152. The smallest absolute Gasteiger partial charge is 0.308 e. The van der Waals surface area contributed by atoms with E-state index in [1.54, 1.807) is 0 Å². The van der Waals surface area contributed by atoms with Gasteiger partial charge in [0.15, 0.2) is 0 Å². The van der Waals surface area contributed by atoms with Crippen molar-refractivity contribution in [2.45, 2.75) is 128 Å². The molecule has 0 unspecified atom stereocenters. The van der Waals surface area contributed by atoms with Crippen molar-refractivity contribution in [1.29, 1.82) is 0 Å². The van der Waals surface area contributed by atoms with Gasteiger partial charge in [0, 0.05) is 0 Å². The van der Waals surface area contributed by atoms with Crippen molar-refractivity contribution in [3.8, 4) is 0 Å². The SMILES string of the molecule is CCOC(=O)C1CCC(OC2CCC2)CC1.CCOC(=O)C1CCC(OC2CCC2)CC1. The van der Waals surface area contributed by atoms with Crippen molar-refractivity contribution in [1.82, 2.24) is 0 Å². The van der Waals surface area contributed by atoms with E-state index in [1.165, 1.54) is 38.5 Å². The molecule has 0 heterocycles. The van der Waals surface area contributed by atoms with Crippen LogP contribution in [0.4, 0.5) is 0 Å². The molecular formula is C26H44O6. The van der Waals surface area contributed by atoms with E-state index < -0.39 is 0 Å². The maximum Gasteiger partial charge on any atom is 0.308 e. The fraction of sp³-hybridized carbons (Fsp3) is 0.923. The summed E-state index contributed by atoms with van der Waals surface area (Å²) < 4.78 is 22.0. The summed E-state index contributed by atoms with van der Waals surface area (Å²) in [6.07, 6.45) is 17.3. The van der Waals surface area contributed by atoms with Gasteiger partial charge in [-0.2, -0.15) is 0 Å². The number of hydrogen-bond donors (Lipinski definition) is 0. The lowest BCUT2D eigenvalue weighted by Crippen LogP contribution is -2.32. The van der Waals surface area contributed by atoms with Crippen LogP contribution in [0.15, 0.2) is 0 Å². The minimum absolute atomic E-state index is 0.00964. The molecule has 0 N–H and O–H groups in total. The Balaban J connectivity index is 0.000000181. The maximum atomic E-state index is 11.5. The van der Waals surface area contributed by atoms with Gasteiger partial charge in [-0.25, -0.2) is 0 Å². The van der Waals surface area contributed by atoms with Crippen molar-refractivity contribution in [2.24, 2.45) is 11.8 Å². The zero-order valence-electron chi connectivity index (χ0n) is 20.2. The second-order valence-corrected chi connectivity index (χ2v) is 9.83. The molecular weight excluding hydrogens is 408 g/mol. The van der Waals surface area contributed by atoms with Crippen LogP contribution >= 0.6 is 0 Å². The molecule has 4 rings (SSSR count). The summed E-state index contributed by atoms with van der Waals surface area (Å²) in [5, 5.41) is 0. The van der Waals surface area contributed by atoms with Gasteiger partial charge in [0.05, 0.1) is 49.5 Å². The van der Waals surface area contributed by atoms with Crippen LogP contribution in [-0.4, -0.2) is 49.6 Å². The van der Waals surface area contributed by atoms with Crippen molar-refractivity contribution in [3.05, 3.63) is 0 Å². The quantitative estimate of drug-likeness (QED) is 0.462. The molecule has 0 atom stereocenters. The van der Waals surface area contributed by atoms with Gasteiger partial charge in [0.1, 0.15) is 0 Å². The topological polar surface area (TPSA) is 71.1 Å². The van der Waals surface area contributed by atoms with E-state index in [-0.39, 0.29) is 23.8 Å². The molecule has 0 amide bonds. The largest absolute Gasteiger partial charge is 0.466 e. The highest BCUT2D eigenvalue weighted by atomic mass is 16.5. The van der Waals surface area contributed by atoms with Gasteiger partial charge < -0.3 is 18.9 Å². The number of carbonyl (C=O) groups is 2. The molecule has 6 heteroatoms. The van der Waals surface area contributed by atoms with Gasteiger partial charge in [-0.15, -0.1) is 0 Å². The third-order valence-corrected chi connectivity index (χ3v) is 7.46. The lowest BCUT2D eigenvalue weighted by atomic mass is 9.86.